The number of aryl methyl sites for hydroxylation is 1. The maximum Gasteiger partial charge on any atom is 0.227 e. The smallest absolute Gasteiger partial charge is 0.227 e. The average molecular weight is 309 g/mol. The maximum absolute atomic E-state index is 5.89. The van der Waals surface area contributed by atoms with Gasteiger partial charge in [-0.05, 0) is 26.3 Å². The minimum Gasteiger partial charge on any atom is -0.477 e. The third-order valence-electron chi connectivity index (χ3n) is 3.48. The van der Waals surface area contributed by atoms with Gasteiger partial charge in [-0.3, -0.25) is 0 Å². The highest BCUT2D eigenvalue weighted by Gasteiger charge is 2.17. The Morgan fingerprint density at radius 3 is 2.71 bits per heavy atom. The van der Waals surface area contributed by atoms with Gasteiger partial charge in [-0.25, -0.2) is 4.98 Å². The number of nitrogens with one attached hydrogen (secondary N) is 1. The molecule has 0 amide bonds. The molecule has 0 saturated heterocycles. The predicted molar refractivity (Wildman–Crippen MR) is 87.5 cm³/mol. The summed E-state index contributed by atoms with van der Waals surface area (Å²) < 4.78 is 11.3. The minimum absolute atomic E-state index is 0.193. The first-order valence-electron chi connectivity index (χ1n) is 7.15. The monoisotopic (exact) mass is 309 g/mol. The van der Waals surface area contributed by atoms with Crippen LogP contribution in [0, 0.1) is 0 Å². The number of nitrogens with zero attached hydrogens (tertiary/aromatic N) is 2. The SMILES string of the molecule is CCc1cc2c(OCCC(C)(C)OC)nc(NC)nc2s1. The Bertz CT molecular complexity index is 610. The van der Waals surface area contributed by atoms with Gasteiger partial charge in [-0.15, -0.1) is 11.3 Å². The Morgan fingerprint density at radius 1 is 1.33 bits per heavy atom. The molecule has 2 heterocycles. The van der Waals surface area contributed by atoms with Crippen LogP contribution in [0.25, 0.3) is 10.2 Å². The Morgan fingerprint density at radius 2 is 2.10 bits per heavy atom. The molecule has 0 atom stereocenters. The Hall–Kier alpha value is -1.40. The van der Waals surface area contributed by atoms with Crippen LogP contribution in [-0.4, -0.2) is 36.3 Å². The van der Waals surface area contributed by atoms with Gasteiger partial charge in [-0.1, -0.05) is 6.92 Å². The lowest BCUT2D eigenvalue weighted by atomic mass is 10.1. The van der Waals surface area contributed by atoms with E-state index in [4.69, 9.17) is 9.47 Å². The van der Waals surface area contributed by atoms with E-state index in [1.165, 1.54) is 4.88 Å². The van der Waals surface area contributed by atoms with Crippen molar-refractivity contribution in [2.75, 3.05) is 26.1 Å². The van der Waals surface area contributed by atoms with Gasteiger partial charge in [0, 0.05) is 25.5 Å². The van der Waals surface area contributed by atoms with Crippen molar-refractivity contribution in [1.29, 1.82) is 0 Å². The highest BCUT2D eigenvalue weighted by molar-refractivity contribution is 7.18. The quantitative estimate of drug-likeness (QED) is 0.848. The van der Waals surface area contributed by atoms with E-state index in [1.54, 1.807) is 18.4 Å². The van der Waals surface area contributed by atoms with Crippen LogP contribution in [0.15, 0.2) is 6.07 Å². The average Bonchev–Trinajstić information content (AvgIpc) is 2.90. The summed E-state index contributed by atoms with van der Waals surface area (Å²) in [5.74, 6) is 1.24. The van der Waals surface area contributed by atoms with E-state index < -0.39 is 0 Å². The summed E-state index contributed by atoms with van der Waals surface area (Å²) in [5.41, 5.74) is -0.193. The number of anilines is 1. The second kappa shape index (κ2) is 6.58. The number of hydrogen-bond donors (Lipinski definition) is 1. The van der Waals surface area contributed by atoms with Crippen molar-refractivity contribution in [3.63, 3.8) is 0 Å². The van der Waals surface area contributed by atoms with Crippen LogP contribution in [0.5, 0.6) is 5.88 Å². The van der Waals surface area contributed by atoms with Crippen molar-refractivity contribution in [2.24, 2.45) is 0 Å². The first kappa shape index (κ1) is 16.0. The van der Waals surface area contributed by atoms with Crippen LogP contribution in [-0.2, 0) is 11.2 Å². The fraction of sp³-hybridized carbons (Fsp3) is 0.600. The van der Waals surface area contributed by atoms with E-state index in [-0.39, 0.29) is 5.60 Å². The number of hydrogen-bond acceptors (Lipinski definition) is 6. The molecule has 0 spiro atoms. The van der Waals surface area contributed by atoms with Crippen molar-refractivity contribution in [3.8, 4) is 5.88 Å². The third-order valence-corrected chi connectivity index (χ3v) is 4.65. The Kier molecular flexibility index (Phi) is 5.00. The van der Waals surface area contributed by atoms with E-state index in [0.717, 1.165) is 23.1 Å². The molecule has 0 fully saturated rings. The van der Waals surface area contributed by atoms with Gasteiger partial charge in [0.25, 0.3) is 0 Å². The van der Waals surface area contributed by atoms with Gasteiger partial charge >= 0.3 is 0 Å². The molecule has 2 aromatic heterocycles. The zero-order valence-corrected chi connectivity index (χ0v) is 14.1. The van der Waals surface area contributed by atoms with Gasteiger partial charge < -0.3 is 14.8 Å². The number of fused-ring (bicyclic) bond motifs is 1. The van der Waals surface area contributed by atoms with Crippen molar-refractivity contribution in [2.45, 2.75) is 39.2 Å². The molecule has 0 saturated carbocycles. The topological polar surface area (TPSA) is 56.3 Å². The fourth-order valence-electron chi connectivity index (χ4n) is 1.84. The Labute approximate surface area is 129 Å². The molecule has 0 unspecified atom stereocenters. The molecule has 0 aliphatic heterocycles. The maximum atomic E-state index is 5.89. The zero-order chi connectivity index (χ0) is 15.5. The molecule has 21 heavy (non-hydrogen) atoms. The molecule has 5 nitrogen and oxygen atoms in total. The van der Waals surface area contributed by atoms with Crippen molar-refractivity contribution < 1.29 is 9.47 Å². The van der Waals surface area contributed by atoms with Crippen molar-refractivity contribution in [3.05, 3.63) is 10.9 Å². The minimum atomic E-state index is -0.193. The molecule has 0 aliphatic rings. The van der Waals surface area contributed by atoms with Gasteiger partial charge in [0.2, 0.25) is 11.8 Å². The Balaban J connectivity index is 2.22. The van der Waals surface area contributed by atoms with Crippen LogP contribution in [0.1, 0.15) is 32.1 Å². The lowest BCUT2D eigenvalue weighted by Gasteiger charge is -2.22. The lowest BCUT2D eigenvalue weighted by molar-refractivity contribution is 0.00523. The molecule has 116 valence electrons. The van der Waals surface area contributed by atoms with Gasteiger partial charge in [0.1, 0.15) is 4.83 Å². The van der Waals surface area contributed by atoms with E-state index in [1.807, 2.05) is 20.9 Å². The van der Waals surface area contributed by atoms with E-state index in [0.29, 0.717) is 18.4 Å². The summed E-state index contributed by atoms with van der Waals surface area (Å²) in [5, 5.41) is 3.98. The standard InChI is InChI=1S/C15H23N3O2S/c1-6-10-9-11-12(20-8-7-15(2,3)19-5)17-14(16-4)18-13(11)21-10/h9H,6-8H2,1-5H3,(H,16,17,18). The number of aromatic nitrogens is 2. The van der Waals surface area contributed by atoms with Gasteiger partial charge in [0.15, 0.2) is 0 Å². The fourth-order valence-corrected chi connectivity index (χ4v) is 2.79. The normalized spacial score (nSPS) is 11.9. The number of methoxy groups -OCH3 is 1. The second-order valence-corrected chi connectivity index (χ2v) is 6.56. The highest BCUT2D eigenvalue weighted by Crippen LogP contribution is 2.32. The molecule has 0 aromatic carbocycles. The summed E-state index contributed by atoms with van der Waals surface area (Å²) in [6.45, 7) is 6.79. The molecule has 2 aromatic rings. The van der Waals surface area contributed by atoms with Crippen LogP contribution in [0.4, 0.5) is 5.95 Å². The molecule has 6 heteroatoms. The summed E-state index contributed by atoms with van der Waals surface area (Å²) in [6.07, 6.45) is 1.79. The van der Waals surface area contributed by atoms with E-state index in [2.05, 4.69) is 28.3 Å². The summed E-state index contributed by atoms with van der Waals surface area (Å²) in [7, 11) is 3.53. The molecule has 2 rings (SSSR count). The predicted octanol–water partition coefficient (Wildman–Crippen LogP) is 3.49. The third kappa shape index (κ3) is 3.83. The number of ether oxygens (including phenoxy) is 2. The van der Waals surface area contributed by atoms with Crippen LogP contribution in [0.3, 0.4) is 0 Å². The zero-order valence-electron chi connectivity index (χ0n) is 13.3. The molecule has 0 radical (unpaired) electrons. The number of rotatable bonds is 7. The van der Waals surface area contributed by atoms with Crippen LogP contribution >= 0.6 is 11.3 Å². The van der Waals surface area contributed by atoms with E-state index >= 15 is 0 Å². The van der Waals surface area contributed by atoms with Crippen molar-refractivity contribution in [1.82, 2.24) is 9.97 Å². The van der Waals surface area contributed by atoms with Gasteiger partial charge in [0.05, 0.1) is 17.6 Å². The van der Waals surface area contributed by atoms with Crippen molar-refractivity contribution >= 4 is 27.5 Å². The second-order valence-electron chi connectivity index (χ2n) is 5.45. The number of thiophene rings is 1. The summed E-state index contributed by atoms with van der Waals surface area (Å²) >= 11 is 1.69. The van der Waals surface area contributed by atoms with E-state index in [9.17, 15) is 0 Å². The van der Waals surface area contributed by atoms with Crippen LogP contribution in [0.2, 0.25) is 0 Å². The summed E-state index contributed by atoms with van der Waals surface area (Å²) in [6, 6.07) is 2.12. The largest absolute Gasteiger partial charge is 0.477 e. The molecule has 0 bridgehead atoms. The highest BCUT2D eigenvalue weighted by atomic mass is 32.1. The van der Waals surface area contributed by atoms with Crippen LogP contribution < -0.4 is 10.1 Å². The van der Waals surface area contributed by atoms with Gasteiger partial charge in [-0.2, -0.15) is 4.98 Å². The summed E-state index contributed by atoms with van der Waals surface area (Å²) in [4.78, 5) is 11.2. The first-order chi connectivity index (χ1) is 9.99. The molecule has 0 aliphatic carbocycles. The molecular weight excluding hydrogens is 286 g/mol. The molecular formula is C15H23N3O2S. The first-order valence-corrected chi connectivity index (χ1v) is 7.97. The lowest BCUT2D eigenvalue weighted by Crippen LogP contribution is -2.25. The molecule has 1 N–H and O–H groups in total.